The molecule has 19 heavy (non-hydrogen) atoms. The fourth-order valence-electron chi connectivity index (χ4n) is 2.43. The Bertz CT molecular complexity index is 495. The van der Waals surface area contributed by atoms with Gasteiger partial charge in [0.1, 0.15) is 0 Å². The highest BCUT2D eigenvalue weighted by Gasteiger charge is 2.37. The predicted molar refractivity (Wildman–Crippen MR) is 77.8 cm³/mol. The van der Waals surface area contributed by atoms with E-state index >= 15 is 0 Å². The van der Waals surface area contributed by atoms with Gasteiger partial charge in [0.05, 0.1) is 5.56 Å². The van der Waals surface area contributed by atoms with E-state index in [-0.39, 0.29) is 5.91 Å². The number of anilines is 1. The molecule has 4 heteroatoms. The molecule has 2 saturated carbocycles. The Kier molecular flexibility index (Phi) is 3.40. The molecular weight excluding hydrogens is 260 g/mol. The molecule has 2 aliphatic rings. The highest BCUT2D eigenvalue weighted by molar-refractivity contribution is 6.31. The number of amides is 1. The average molecular weight is 279 g/mol. The smallest absolute Gasteiger partial charge is 0.256 e. The third-order valence-electron chi connectivity index (χ3n) is 3.88. The van der Waals surface area contributed by atoms with Crippen LogP contribution in [0.1, 0.15) is 36.0 Å². The molecule has 0 aliphatic heterocycles. The molecule has 1 aromatic carbocycles. The standard InChI is InChI=1S/C15H19ClN2O/c1-17-14-7-4-11(16)8-13(14)15(19)18(12-5-6-12)9-10-2-3-10/h4,7-8,10,12,17H,2-3,5-6,9H2,1H3. The van der Waals surface area contributed by atoms with Gasteiger partial charge in [-0.2, -0.15) is 0 Å². The van der Waals surface area contributed by atoms with Crippen LogP contribution in [0.5, 0.6) is 0 Å². The fraction of sp³-hybridized carbons (Fsp3) is 0.533. The monoisotopic (exact) mass is 278 g/mol. The maximum Gasteiger partial charge on any atom is 0.256 e. The molecule has 0 aromatic heterocycles. The Morgan fingerprint density at radius 2 is 2.11 bits per heavy atom. The first kappa shape index (κ1) is 12.8. The summed E-state index contributed by atoms with van der Waals surface area (Å²) in [6.45, 7) is 0.916. The molecule has 1 amide bonds. The van der Waals surface area contributed by atoms with E-state index in [0.717, 1.165) is 31.0 Å². The van der Waals surface area contributed by atoms with E-state index in [1.807, 2.05) is 19.2 Å². The minimum Gasteiger partial charge on any atom is -0.387 e. The summed E-state index contributed by atoms with van der Waals surface area (Å²) in [5.74, 6) is 0.850. The number of carbonyl (C=O) groups excluding carboxylic acids is 1. The molecule has 0 atom stereocenters. The van der Waals surface area contributed by atoms with Crippen LogP contribution in [0.2, 0.25) is 5.02 Å². The summed E-state index contributed by atoms with van der Waals surface area (Å²) in [5, 5.41) is 3.70. The lowest BCUT2D eigenvalue weighted by molar-refractivity contribution is 0.0736. The van der Waals surface area contributed by atoms with Crippen LogP contribution in [0.15, 0.2) is 18.2 Å². The highest BCUT2D eigenvalue weighted by atomic mass is 35.5. The lowest BCUT2D eigenvalue weighted by Crippen LogP contribution is -2.35. The van der Waals surface area contributed by atoms with E-state index < -0.39 is 0 Å². The number of nitrogens with one attached hydrogen (secondary N) is 1. The minimum atomic E-state index is 0.126. The molecule has 2 fully saturated rings. The van der Waals surface area contributed by atoms with Gasteiger partial charge in [-0.05, 0) is 49.8 Å². The van der Waals surface area contributed by atoms with Gasteiger partial charge in [0.15, 0.2) is 0 Å². The van der Waals surface area contributed by atoms with Gasteiger partial charge in [-0.3, -0.25) is 4.79 Å². The number of hydrogen-bond acceptors (Lipinski definition) is 2. The van der Waals surface area contributed by atoms with Gasteiger partial charge < -0.3 is 10.2 Å². The van der Waals surface area contributed by atoms with E-state index in [2.05, 4.69) is 10.2 Å². The van der Waals surface area contributed by atoms with Crippen molar-refractivity contribution >= 4 is 23.2 Å². The molecule has 0 spiro atoms. The normalized spacial score (nSPS) is 18.2. The van der Waals surface area contributed by atoms with Crippen LogP contribution in [0.3, 0.4) is 0 Å². The van der Waals surface area contributed by atoms with E-state index in [1.165, 1.54) is 12.8 Å². The van der Waals surface area contributed by atoms with Gasteiger partial charge in [0, 0.05) is 30.3 Å². The lowest BCUT2D eigenvalue weighted by atomic mass is 10.1. The Hall–Kier alpha value is -1.22. The van der Waals surface area contributed by atoms with E-state index in [4.69, 9.17) is 11.6 Å². The summed E-state index contributed by atoms with van der Waals surface area (Å²) in [6, 6.07) is 5.92. The Morgan fingerprint density at radius 1 is 1.37 bits per heavy atom. The third-order valence-corrected chi connectivity index (χ3v) is 4.12. The van der Waals surface area contributed by atoms with Crippen LogP contribution in [-0.4, -0.2) is 30.4 Å². The molecule has 1 N–H and O–H groups in total. The molecule has 102 valence electrons. The van der Waals surface area contributed by atoms with Gasteiger partial charge in [0.25, 0.3) is 5.91 Å². The summed E-state index contributed by atoms with van der Waals surface area (Å²) >= 11 is 6.04. The molecule has 0 radical (unpaired) electrons. The van der Waals surface area contributed by atoms with Crippen molar-refractivity contribution in [2.45, 2.75) is 31.7 Å². The maximum atomic E-state index is 12.7. The zero-order valence-corrected chi connectivity index (χ0v) is 11.9. The number of hydrogen-bond donors (Lipinski definition) is 1. The second kappa shape index (κ2) is 5.04. The number of halogens is 1. The van der Waals surface area contributed by atoms with Crippen molar-refractivity contribution in [1.29, 1.82) is 0 Å². The van der Waals surface area contributed by atoms with E-state index in [0.29, 0.717) is 16.6 Å². The van der Waals surface area contributed by atoms with Gasteiger partial charge in [-0.25, -0.2) is 0 Å². The molecule has 3 nitrogen and oxygen atoms in total. The van der Waals surface area contributed by atoms with Crippen LogP contribution in [0.25, 0.3) is 0 Å². The summed E-state index contributed by atoms with van der Waals surface area (Å²) in [4.78, 5) is 14.8. The molecular formula is C15H19ClN2O. The fourth-order valence-corrected chi connectivity index (χ4v) is 2.60. The Labute approximate surface area is 118 Å². The molecule has 1 aromatic rings. The number of nitrogens with zero attached hydrogens (tertiary/aromatic N) is 1. The van der Waals surface area contributed by atoms with Crippen molar-refractivity contribution in [3.63, 3.8) is 0 Å². The van der Waals surface area contributed by atoms with E-state index in [1.54, 1.807) is 6.07 Å². The molecule has 0 saturated heterocycles. The van der Waals surface area contributed by atoms with Crippen LogP contribution in [0.4, 0.5) is 5.69 Å². The zero-order valence-electron chi connectivity index (χ0n) is 11.2. The molecule has 2 aliphatic carbocycles. The molecule has 0 unspecified atom stereocenters. The minimum absolute atomic E-state index is 0.126. The van der Waals surface area contributed by atoms with Crippen molar-refractivity contribution in [3.05, 3.63) is 28.8 Å². The SMILES string of the molecule is CNc1ccc(Cl)cc1C(=O)N(CC1CC1)C1CC1. The zero-order chi connectivity index (χ0) is 13.4. The third kappa shape index (κ3) is 2.86. The van der Waals surface area contributed by atoms with Crippen molar-refractivity contribution in [2.75, 3.05) is 18.9 Å². The van der Waals surface area contributed by atoms with Crippen molar-refractivity contribution in [1.82, 2.24) is 4.90 Å². The second-order valence-electron chi connectivity index (χ2n) is 5.57. The summed E-state index contributed by atoms with van der Waals surface area (Å²) in [7, 11) is 1.84. The topological polar surface area (TPSA) is 32.3 Å². The summed E-state index contributed by atoms with van der Waals surface area (Å²) < 4.78 is 0. The van der Waals surface area contributed by atoms with Crippen LogP contribution in [-0.2, 0) is 0 Å². The Morgan fingerprint density at radius 3 is 2.68 bits per heavy atom. The van der Waals surface area contributed by atoms with Gasteiger partial charge in [-0.1, -0.05) is 11.6 Å². The molecule has 0 heterocycles. The largest absolute Gasteiger partial charge is 0.387 e. The van der Waals surface area contributed by atoms with Crippen LogP contribution in [0, 0.1) is 5.92 Å². The number of carbonyl (C=O) groups is 1. The predicted octanol–water partition coefficient (Wildman–Crippen LogP) is 3.40. The van der Waals surface area contributed by atoms with Gasteiger partial charge in [-0.15, -0.1) is 0 Å². The average Bonchev–Trinajstić information content (AvgIpc) is 3.27. The van der Waals surface area contributed by atoms with E-state index in [9.17, 15) is 4.79 Å². The summed E-state index contributed by atoms with van der Waals surface area (Å²) in [6.07, 6.45) is 4.83. The summed E-state index contributed by atoms with van der Waals surface area (Å²) in [5.41, 5.74) is 1.55. The van der Waals surface area contributed by atoms with Crippen molar-refractivity contribution in [2.24, 2.45) is 5.92 Å². The maximum absolute atomic E-state index is 12.7. The first-order chi connectivity index (χ1) is 9.19. The van der Waals surface area contributed by atoms with Crippen LogP contribution < -0.4 is 5.32 Å². The van der Waals surface area contributed by atoms with Crippen LogP contribution >= 0.6 is 11.6 Å². The first-order valence-corrected chi connectivity index (χ1v) is 7.35. The second-order valence-corrected chi connectivity index (χ2v) is 6.01. The van der Waals surface area contributed by atoms with Crippen molar-refractivity contribution in [3.8, 4) is 0 Å². The highest BCUT2D eigenvalue weighted by Crippen LogP contribution is 2.36. The molecule has 0 bridgehead atoms. The van der Waals surface area contributed by atoms with Gasteiger partial charge >= 0.3 is 0 Å². The van der Waals surface area contributed by atoms with Crippen molar-refractivity contribution < 1.29 is 4.79 Å². The first-order valence-electron chi connectivity index (χ1n) is 6.97. The lowest BCUT2D eigenvalue weighted by Gasteiger charge is -2.23. The number of rotatable bonds is 5. The molecule has 3 rings (SSSR count). The Balaban J connectivity index is 1.85. The quantitative estimate of drug-likeness (QED) is 0.895. The number of benzene rings is 1. The van der Waals surface area contributed by atoms with Gasteiger partial charge in [0.2, 0.25) is 0 Å².